The van der Waals surface area contributed by atoms with Gasteiger partial charge in [0.2, 0.25) is 0 Å². The molecule has 0 aliphatic carbocycles. The predicted molar refractivity (Wildman–Crippen MR) is 133 cm³/mol. The lowest BCUT2D eigenvalue weighted by Crippen LogP contribution is -2.06. The Balaban J connectivity index is 2.00. The highest BCUT2D eigenvalue weighted by molar-refractivity contribution is 5.52. The molecule has 3 unspecified atom stereocenters. The Hall–Kier alpha value is -2.54. The zero-order valence-electron chi connectivity index (χ0n) is 19.6. The molecule has 0 aromatic heterocycles. The van der Waals surface area contributed by atoms with Crippen LogP contribution < -0.4 is 0 Å². The zero-order chi connectivity index (χ0) is 22.2. The van der Waals surface area contributed by atoms with Crippen molar-refractivity contribution >= 4 is 0 Å². The molecule has 1 nitrogen and oxygen atoms in total. The quantitative estimate of drug-likeness (QED) is 0.329. The molecule has 0 aliphatic heterocycles. The third-order valence-electron chi connectivity index (χ3n) is 6.78. The molecule has 0 amide bonds. The van der Waals surface area contributed by atoms with E-state index in [-0.39, 0.29) is 11.8 Å². The first-order chi connectivity index (χ1) is 15.0. The van der Waals surface area contributed by atoms with E-state index in [1.165, 1.54) is 48.8 Å². The van der Waals surface area contributed by atoms with Gasteiger partial charge in [-0.15, -0.1) is 0 Å². The van der Waals surface area contributed by atoms with Crippen molar-refractivity contribution in [2.45, 2.75) is 77.6 Å². The van der Waals surface area contributed by atoms with Crippen LogP contribution in [0.15, 0.2) is 72.8 Å². The van der Waals surface area contributed by atoms with Crippen LogP contribution in [-0.4, -0.2) is 5.11 Å². The molecule has 1 heteroatoms. The fraction of sp³-hybridized carbons (Fsp3) is 0.400. The number of benzene rings is 3. The summed E-state index contributed by atoms with van der Waals surface area (Å²) in [7, 11) is 0. The van der Waals surface area contributed by atoms with Gasteiger partial charge in [-0.1, -0.05) is 126 Å². The van der Waals surface area contributed by atoms with Gasteiger partial charge in [-0.2, -0.15) is 0 Å². The summed E-state index contributed by atoms with van der Waals surface area (Å²) in [6.07, 6.45) is 6.35. The largest absolute Gasteiger partial charge is 0.507 e. The number of hydrogen-bond acceptors (Lipinski definition) is 1. The lowest BCUT2D eigenvalue weighted by Gasteiger charge is -2.24. The lowest BCUT2D eigenvalue weighted by molar-refractivity contribution is 0.456. The van der Waals surface area contributed by atoms with E-state index in [0.717, 1.165) is 11.1 Å². The lowest BCUT2D eigenvalue weighted by atomic mass is 9.82. The van der Waals surface area contributed by atoms with Gasteiger partial charge in [-0.3, -0.25) is 0 Å². The summed E-state index contributed by atoms with van der Waals surface area (Å²) in [5.41, 5.74) is 5.92. The number of rotatable bonds is 10. The molecule has 3 aromatic rings. The first-order valence-corrected chi connectivity index (χ1v) is 12.0. The fourth-order valence-corrected chi connectivity index (χ4v) is 4.54. The van der Waals surface area contributed by atoms with Gasteiger partial charge in [0.05, 0.1) is 0 Å². The predicted octanol–water partition coefficient (Wildman–Crippen LogP) is 8.77. The standard InChI is InChI=1S/C30H38O/c1-5-6-7-10-15-22(2)27-20-28(23(3)25-16-11-8-12-17-25)30(31)29(21-27)24(4)26-18-13-9-14-19-26/h8-9,11-14,16-24,31H,5-7,10,15H2,1-4H3. The van der Waals surface area contributed by atoms with E-state index < -0.39 is 0 Å². The van der Waals surface area contributed by atoms with Crippen LogP contribution in [0.25, 0.3) is 0 Å². The van der Waals surface area contributed by atoms with Crippen molar-refractivity contribution in [3.8, 4) is 5.75 Å². The molecule has 0 fully saturated rings. The van der Waals surface area contributed by atoms with Gasteiger partial charge >= 0.3 is 0 Å². The maximum absolute atomic E-state index is 11.4. The molecule has 0 bridgehead atoms. The summed E-state index contributed by atoms with van der Waals surface area (Å²) >= 11 is 0. The summed E-state index contributed by atoms with van der Waals surface area (Å²) in [5, 5.41) is 11.4. The van der Waals surface area contributed by atoms with E-state index in [2.05, 4.69) is 88.4 Å². The number of phenolic OH excluding ortho intramolecular Hbond substituents is 1. The Morgan fingerprint density at radius 1 is 0.645 bits per heavy atom. The average molecular weight is 415 g/mol. The van der Waals surface area contributed by atoms with Gasteiger partial charge in [0.25, 0.3) is 0 Å². The van der Waals surface area contributed by atoms with Gasteiger partial charge in [0.15, 0.2) is 0 Å². The molecule has 0 heterocycles. The van der Waals surface area contributed by atoms with Crippen molar-refractivity contribution in [1.29, 1.82) is 0 Å². The molecule has 31 heavy (non-hydrogen) atoms. The summed E-state index contributed by atoms with van der Waals surface area (Å²) in [5.74, 6) is 1.24. The first-order valence-electron chi connectivity index (χ1n) is 12.0. The van der Waals surface area contributed by atoms with E-state index in [1.807, 2.05) is 12.1 Å². The van der Waals surface area contributed by atoms with Gasteiger partial charge in [-0.05, 0) is 29.0 Å². The molecule has 3 atom stereocenters. The number of aromatic hydroxyl groups is 1. The van der Waals surface area contributed by atoms with Crippen LogP contribution in [-0.2, 0) is 0 Å². The Labute approximate surface area is 189 Å². The molecule has 0 aliphatic rings. The second kappa shape index (κ2) is 11.2. The fourth-order valence-electron chi connectivity index (χ4n) is 4.54. The minimum absolute atomic E-state index is 0.148. The number of unbranched alkanes of at least 4 members (excludes halogenated alkanes) is 3. The van der Waals surface area contributed by atoms with Gasteiger partial charge in [0, 0.05) is 23.0 Å². The van der Waals surface area contributed by atoms with Gasteiger partial charge < -0.3 is 5.11 Å². The van der Waals surface area contributed by atoms with Crippen molar-refractivity contribution in [2.24, 2.45) is 0 Å². The highest BCUT2D eigenvalue weighted by atomic mass is 16.3. The minimum atomic E-state index is 0.148. The topological polar surface area (TPSA) is 20.2 Å². The third kappa shape index (κ3) is 5.79. The zero-order valence-corrected chi connectivity index (χ0v) is 19.6. The van der Waals surface area contributed by atoms with Crippen LogP contribution in [0.3, 0.4) is 0 Å². The van der Waals surface area contributed by atoms with Crippen molar-refractivity contribution in [3.63, 3.8) is 0 Å². The normalized spacial score (nSPS) is 14.2. The number of phenols is 1. The van der Waals surface area contributed by atoms with E-state index in [0.29, 0.717) is 11.7 Å². The molecule has 0 spiro atoms. The van der Waals surface area contributed by atoms with Crippen LogP contribution in [0.1, 0.15) is 105 Å². The summed E-state index contributed by atoms with van der Waals surface area (Å²) in [6.45, 7) is 9.01. The smallest absolute Gasteiger partial charge is 0.123 e. The molecule has 0 saturated carbocycles. The summed E-state index contributed by atoms with van der Waals surface area (Å²) in [4.78, 5) is 0. The van der Waals surface area contributed by atoms with Gasteiger partial charge in [-0.25, -0.2) is 0 Å². The minimum Gasteiger partial charge on any atom is -0.507 e. The molecule has 3 aromatic carbocycles. The number of hydrogen-bond donors (Lipinski definition) is 1. The van der Waals surface area contributed by atoms with Gasteiger partial charge in [0.1, 0.15) is 5.75 Å². The molecule has 1 N–H and O–H groups in total. The SMILES string of the molecule is CCCCCCC(C)c1cc(C(C)c2ccccc2)c(O)c(C(C)c2ccccc2)c1. The molecule has 0 saturated heterocycles. The highest BCUT2D eigenvalue weighted by Gasteiger charge is 2.22. The van der Waals surface area contributed by atoms with E-state index in [9.17, 15) is 5.11 Å². The van der Waals surface area contributed by atoms with Crippen LogP contribution in [0.4, 0.5) is 0 Å². The van der Waals surface area contributed by atoms with Crippen molar-refractivity contribution in [3.05, 3.63) is 101 Å². The summed E-state index contributed by atoms with van der Waals surface area (Å²) in [6, 6.07) is 25.6. The second-order valence-electron chi connectivity index (χ2n) is 9.06. The Kier molecular flexibility index (Phi) is 8.35. The third-order valence-corrected chi connectivity index (χ3v) is 6.78. The van der Waals surface area contributed by atoms with Crippen molar-refractivity contribution in [1.82, 2.24) is 0 Å². The van der Waals surface area contributed by atoms with E-state index >= 15 is 0 Å². The monoisotopic (exact) mass is 414 g/mol. The maximum atomic E-state index is 11.4. The molecule has 3 rings (SSSR count). The molecule has 164 valence electrons. The first kappa shape index (κ1) is 23.1. The van der Waals surface area contributed by atoms with Crippen LogP contribution in [0.5, 0.6) is 5.75 Å². The second-order valence-corrected chi connectivity index (χ2v) is 9.06. The Bertz CT molecular complexity index is 863. The van der Waals surface area contributed by atoms with Crippen LogP contribution in [0.2, 0.25) is 0 Å². The van der Waals surface area contributed by atoms with Crippen LogP contribution in [0, 0.1) is 0 Å². The maximum Gasteiger partial charge on any atom is 0.123 e. The Morgan fingerprint density at radius 3 is 1.58 bits per heavy atom. The van der Waals surface area contributed by atoms with E-state index in [1.54, 1.807) is 0 Å². The summed E-state index contributed by atoms with van der Waals surface area (Å²) < 4.78 is 0. The van der Waals surface area contributed by atoms with E-state index in [4.69, 9.17) is 0 Å². The molecular weight excluding hydrogens is 376 g/mol. The Morgan fingerprint density at radius 2 is 1.13 bits per heavy atom. The molecular formula is C30H38O. The highest BCUT2D eigenvalue weighted by Crippen LogP contribution is 2.41. The van der Waals surface area contributed by atoms with Crippen molar-refractivity contribution < 1.29 is 5.11 Å². The van der Waals surface area contributed by atoms with Crippen LogP contribution >= 0.6 is 0 Å². The van der Waals surface area contributed by atoms with Crippen molar-refractivity contribution in [2.75, 3.05) is 0 Å². The molecule has 0 radical (unpaired) electrons. The average Bonchev–Trinajstić information content (AvgIpc) is 2.82.